The maximum atomic E-state index is 12.3. The Balaban J connectivity index is 2.07. The number of carbonyl (C=O) groups is 1. The number of hydrogen-bond donors (Lipinski definition) is 2. The minimum atomic E-state index is 0.0390. The fraction of sp³-hybridized carbons (Fsp3) is 0.562. The van der Waals surface area contributed by atoms with Crippen LogP contribution in [-0.2, 0) is 0 Å². The van der Waals surface area contributed by atoms with E-state index in [1.807, 2.05) is 26.0 Å². The van der Waals surface area contributed by atoms with E-state index in [4.69, 9.17) is 5.73 Å². The topological polar surface area (TPSA) is 55.1 Å². The quantitative estimate of drug-likeness (QED) is 0.877. The molecule has 2 rings (SSSR count). The third kappa shape index (κ3) is 3.57. The second-order valence-electron chi connectivity index (χ2n) is 5.74. The highest BCUT2D eigenvalue weighted by Gasteiger charge is 2.25. The fourth-order valence-electron chi connectivity index (χ4n) is 3.04. The minimum absolute atomic E-state index is 0.0390. The molecule has 0 heterocycles. The van der Waals surface area contributed by atoms with Gasteiger partial charge in [0.25, 0.3) is 5.91 Å². The molecule has 1 fully saturated rings. The van der Waals surface area contributed by atoms with Crippen LogP contribution in [0.1, 0.15) is 47.2 Å². The number of benzene rings is 1. The van der Waals surface area contributed by atoms with Crippen LogP contribution in [0.2, 0.25) is 0 Å². The lowest BCUT2D eigenvalue weighted by Gasteiger charge is -2.31. The van der Waals surface area contributed by atoms with Crippen LogP contribution in [0.4, 0.5) is 0 Å². The Morgan fingerprint density at radius 1 is 1.21 bits per heavy atom. The summed E-state index contributed by atoms with van der Waals surface area (Å²) in [4.78, 5) is 12.3. The molecule has 1 aliphatic rings. The van der Waals surface area contributed by atoms with Gasteiger partial charge in [0.05, 0.1) is 0 Å². The minimum Gasteiger partial charge on any atom is -0.349 e. The molecular formula is C16H24N2O. The highest BCUT2D eigenvalue weighted by Crippen LogP contribution is 2.24. The predicted octanol–water partition coefficient (Wildman–Crippen LogP) is 2.55. The Morgan fingerprint density at radius 2 is 1.84 bits per heavy atom. The van der Waals surface area contributed by atoms with E-state index in [0.29, 0.717) is 12.5 Å². The van der Waals surface area contributed by atoms with Crippen molar-refractivity contribution in [3.63, 3.8) is 0 Å². The standard InChI is InChI=1S/C16H24N2O/c1-11-7-12(2)9-14(8-11)16(19)18-15-6-4-3-5-13(15)10-17/h7-9,13,15H,3-6,10,17H2,1-2H3,(H,18,19). The van der Waals surface area contributed by atoms with E-state index in [0.717, 1.165) is 29.5 Å². The zero-order valence-corrected chi connectivity index (χ0v) is 11.9. The van der Waals surface area contributed by atoms with Gasteiger partial charge in [-0.15, -0.1) is 0 Å². The molecule has 0 spiro atoms. The van der Waals surface area contributed by atoms with Gasteiger partial charge in [0, 0.05) is 11.6 Å². The predicted molar refractivity (Wildman–Crippen MR) is 78.2 cm³/mol. The normalized spacial score (nSPS) is 23.1. The Kier molecular flexibility index (Phi) is 4.59. The summed E-state index contributed by atoms with van der Waals surface area (Å²) in [5.74, 6) is 0.473. The zero-order chi connectivity index (χ0) is 13.8. The SMILES string of the molecule is Cc1cc(C)cc(C(=O)NC2CCCCC2CN)c1. The van der Waals surface area contributed by atoms with Crippen LogP contribution < -0.4 is 11.1 Å². The van der Waals surface area contributed by atoms with Crippen LogP contribution in [-0.4, -0.2) is 18.5 Å². The molecule has 1 aliphatic carbocycles. The summed E-state index contributed by atoms with van der Waals surface area (Å²) in [6.45, 7) is 4.71. The van der Waals surface area contributed by atoms with Gasteiger partial charge in [0.2, 0.25) is 0 Å². The smallest absolute Gasteiger partial charge is 0.251 e. The molecule has 0 aromatic heterocycles. The molecule has 2 atom stereocenters. The molecule has 3 N–H and O–H groups in total. The first-order valence-corrected chi connectivity index (χ1v) is 7.19. The van der Waals surface area contributed by atoms with E-state index >= 15 is 0 Å². The molecule has 0 aliphatic heterocycles. The van der Waals surface area contributed by atoms with Gasteiger partial charge in [0.15, 0.2) is 0 Å². The largest absolute Gasteiger partial charge is 0.349 e. The zero-order valence-electron chi connectivity index (χ0n) is 11.9. The summed E-state index contributed by atoms with van der Waals surface area (Å²) >= 11 is 0. The maximum absolute atomic E-state index is 12.3. The highest BCUT2D eigenvalue weighted by atomic mass is 16.1. The van der Waals surface area contributed by atoms with Crippen molar-refractivity contribution in [1.82, 2.24) is 5.32 Å². The fourth-order valence-corrected chi connectivity index (χ4v) is 3.04. The lowest BCUT2D eigenvalue weighted by Crippen LogP contribution is -2.44. The van der Waals surface area contributed by atoms with Crippen molar-refractivity contribution in [3.8, 4) is 0 Å². The van der Waals surface area contributed by atoms with Crippen LogP contribution in [0.5, 0.6) is 0 Å². The molecule has 19 heavy (non-hydrogen) atoms. The van der Waals surface area contributed by atoms with E-state index in [1.54, 1.807) is 0 Å². The molecule has 0 radical (unpaired) electrons. The van der Waals surface area contributed by atoms with Gasteiger partial charge >= 0.3 is 0 Å². The first-order valence-electron chi connectivity index (χ1n) is 7.19. The van der Waals surface area contributed by atoms with Crippen molar-refractivity contribution in [2.24, 2.45) is 11.7 Å². The molecular weight excluding hydrogens is 236 g/mol. The Hall–Kier alpha value is -1.35. The number of hydrogen-bond acceptors (Lipinski definition) is 2. The number of nitrogens with two attached hydrogens (primary N) is 1. The number of aryl methyl sites for hydroxylation is 2. The van der Waals surface area contributed by atoms with Gasteiger partial charge in [-0.1, -0.05) is 30.0 Å². The first-order chi connectivity index (χ1) is 9.10. The van der Waals surface area contributed by atoms with Gasteiger partial charge in [-0.2, -0.15) is 0 Å². The average Bonchev–Trinajstić information content (AvgIpc) is 2.38. The summed E-state index contributed by atoms with van der Waals surface area (Å²) in [5, 5.41) is 3.17. The summed E-state index contributed by atoms with van der Waals surface area (Å²) in [6, 6.07) is 6.22. The van der Waals surface area contributed by atoms with Gasteiger partial charge in [-0.3, -0.25) is 4.79 Å². The molecule has 104 valence electrons. The number of rotatable bonds is 3. The first kappa shape index (κ1) is 14.1. The monoisotopic (exact) mass is 260 g/mol. The Morgan fingerprint density at radius 3 is 2.47 bits per heavy atom. The van der Waals surface area contributed by atoms with E-state index in [1.165, 1.54) is 12.8 Å². The number of nitrogens with one attached hydrogen (secondary N) is 1. The van der Waals surface area contributed by atoms with Crippen molar-refractivity contribution >= 4 is 5.91 Å². The van der Waals surface area contributed by atoms with Crippen molar-refractivity contribution in [3.05, 3.63) is 34.9 Å². The summed E-state index contributed by atoms with van der Waals surface area (Å²) in [5.41, 5.74) is 8.83. The third-order valence-electron chi connectivity index (χ3n) is 4.01. The molecule has 1 aromatic rings. The van der Waals surface area contributed by atoms with Crippen molar-refractivity contribution in [1.29, 1.82) is 0 Å². The van der Waals surface area contributed by atoms with Crippen molar-refractivity contribution < 1.29 is 4.79 Å². The molecule has 3 heteroatoms. The number of carbonyl (C=O) groups excluding carboxylic acids is 1. The lowest BCUT2D eigenvalue weighted by atomic mass is 9.84. The molecule has 1 amide bonds. The molecule has 1 saturated carbocycles. The van der Waals surface area contributed by atoms with Gasteiger partial charge in [-0.05, 0) is 51.3 Å². The molecule has 3 nitrogen and oxygen atoms in total. The van der Waals surface area contributed by atoms with E-state index in [-0.39, 0.29) is 11.9 Å². The molecule has 2 unspecified atom stereocenters. The van der Waals surface area contributed by atoms with E-state index < -0.39 is 0 Å². The Bertz CT molecular complexity index is 436. The van der Waals surface area contributed by atoms with Gasteiger partial charge in [0.1, 0.15) is 0 Å². The lowest BCUT2D eigenvalue weighted by molar-refractivity contribution is 0.0908. The Labute approximate surface area is 115 Å². The molecule has 1 aromatic carbocycles. The van der Waals surface area contributed by atoms with Crippen LogP contribution in [0.25, 0.3) is 0 Å². The molecule has 0 bridgehead atoms. The van der Waals surface area contributed by atoms with Crippen LogP contribution in [0, 0.1) is 19.8 Å². The second kappa shape index (κ2) is 6.20. The van der Waals surface area contributed by atoms with Crippen LogP contribution >= 0.6 is 0 Å². The van der Waals surface area contributed by atoms with Crippen LogP contribution in [0.15, 0.2) is 18.2 Å². The average molecular weight is 260 g/mol. The van der Waals surface area contributed by atoms with Crippen molar-refractivity contribution in [2.75, 3.05) is 6.54 Å². The van der Waals surface area contributed by atoms with E-state index in [2.05, 4.69) is 11.4 Å². The summed E-state index contributed by atoms with van der Waals surface area (Å²) in [6.07, 6.45) is 4.61. The molecule has 0 saturated heterocycles. The second-order valence-corrected chi connectivity index (χ2v) is 5.74. The highest BCUT2D eigenvalue weighted by molar-refractivity contribution is 5.94. The third-order valence-corrected chi connectivity index (χ3v) is 4.01. The number of amides is 1. The van der Waals surface area contributed by atoms with Crippen molar-refractivity contribution in [2.45, 2.75) is 45.6 Å². The summed E-state index contributed by atoms with van der Waals surface area (Å²) in [7, 11) is 0. The maximum Gasteiger partial charge on any atom is 0.251 e. The summed E-state index contributed by atoms with van der Waals surface area (Å²) < 4.78 is 0. The van der Waals surface area contributed by atoms with E-state index in [9.17, 15) is 4.79 Å². The van der Waals surface area contributed by atoms with Gasteiger partial charge in [-0.25, -0.2) is 0 Å². The van der Waals surface area contributed by atoms with Gasteiger partial charge < -0.3 is 11.1 Å². The van der Waals surface area contributed by atoms with Crippen LogP contribution in [0.3, 0.4) is 0 Å².